The third-order valence-electron chi connectivity index (χ3n) is 6.62. The van der Waals surface area contributed by atoms with Crippen molar-refractivity contribution in [1.82, 2.24) is 19.0 Å². The highest BCUT2D eigenvalue weighted by molar-refractivity contribution is 5.98. The number of carbonyl (C=O) groups excluding carboxylic acids is 2. The van der Waals surface area contributed by atoms with Crippen molar-refractivity contribution in [3.63, 3.8) is 0 Å². The van der Waals surface area contributed by atoms with Gasteiger partial charge in [-0.1, -0.05) is 18.2 Å². The van der Waals surface area contributed by atoms with Gasteiger partial charge >= 0.3 is 6.09 Å². The topological polar surface area (TPSA) is 95.4 Å². The molecule has 1 atom stereocenters. The first kappa shape index (κ1) is 22.0. The number of nitrogens with zero attached hydrogens (tertiary/aromatic N) is 4. The molecule has 8 heteroatoms. The Labute approximate surface area is 197 Å². The monoisotopic (exact) mass is 459 g/mol. The molecule has 34 heavy (non-hydrogen) atoms. The third-order valence-corrected chi connectivity index (χ3v) is 6.62. The van der Waals surface area contributed by atoms with Gasteiger partial charge in [0.1, 0.15) is 6.10 Å². The first-order valence-corrected chi connectivity index (χ1v) is 11.8. The lowest BCUT2D eigenvalue weighted by molar-refractivity contribution is 0.0373. The van der Waals surface area contributed by atoms with Crippen LogP contribution in [-0.2, 0) is 17.8 Å². The fourth-order valence-corrected chi connectivity index (χ4v) is 5.08. The van der Waals surface area contributed by atoms with Crippen molar-refractivity contribution in [3.05, 3.63) is 54.1 Å². The molecule has 8 nitrogen and oxygen atoms in total. The van der Waals surface area contributed by atoms with Crippen LogP contribution in [-0.4, -0.2) is 50.2 Å². The van der Waals surface area contributed by atoms with E-state index in [0.29, 0.717) is 25.1 Å². The van der Waals surface area contributed by atoms with Gasteiger partial charge in [-0.25, -0.2) is 9.78 Å². The van der Waals surface area contributed by atoms with Crippen molar-refractivity contribution < 1.29 is 14.3 Å². The number of hydrogen-bond acceptors (Lipinski definition) is 4. The molecule has 2 amide bonds. The van der Waals surface area contributed by atoms with Gasteiger partial charge in [0.25, 0.3) is 5.91 Å². The highest BCUT2D eigenvalue weighted by atomic mass is 16.6. The molecule has 1 aliphatic heterocycles. The van der Waals surface area contributed by atoms with Gasteiger partial charge in [0.05, 0.1) is 23.3 Å². The molecule has 2 N–H and O–H groups in total. The minimum atomic E-state index is -0.803. The van der Waals surface area contributed by atoms with Crippen LogP contribution >= 0.6 is 0 Å². The van der Waals surface area contributed by atoms with Gasteiger partial charge in [0.15, 0.2) is 5.82 Å². The first-order chi connectivity index (χ1) is 16.5. The Kier molecular flexibility index (Phi) is 5.73. The minimum Gasteiger partial charge on any atom is -0.445 e. The van der Waals surface area contributed by atoms with E-state index in [1.54, 1.807) is 4.90 Å². The molecule has 4 aromatic rings. The summed E-state index contributed by atoms with van der Waals surface area (Å²) in [6.07, 6.45) is 0.312. The number of amides is 2. The second kappa shape index (κ2) is 8.85. The number of carbonyl (C=O) groups is 2. The molecule has 1 aliphatic rings. The zero-order chi connectivity index (χ0) is 23.8. The van der Waals surface area contributed by atoms with Crippen LogP contribution in [0.25, 0.3) is 33.5 Å². The Morgan fingerprint density at radius 1 is 1.06 bits per heavy atom. The Balaban J connectivity index is 1.52. The van der Waals surface area contributed by atoms with Crippen LogP contribution in [0.2, 0.25) is 0 Å². The number of imidazole rings is 1. The quantitative estimate of drug-likeness (QED) is 0.479. The molecule has 5 rings (SSSR count). The number of ether oxygens (including phenoxy) is 1. The van der Waals surface area contributed by atoms with Crippen molar-refractivity contribution >= 4 is 33.9 Å². The predicted octanol–water partition coefficient (Wildman–Crippen LogP) is 4.40. The van der Waals surface area contributed by atoms with E-state index in [9.17, 15) is 9.59 Å². The summed E-state index contributed by atoms with van der Waals surface area (Å²) >= 11 is 0. The van der Waals surface area contributed by atoms with Gasteiger partial charge in [-0.3, -0.25) is 4.79 Å². The van der Waals surface area contributed by atoms with Gasteiger partial charge in [-0.15, -0.1) is 0 Å². The van der Waals surface area contributed by atoms with Crippen LogP contribution in [0.4, 0.5) is 4.79 Å². The number of hydrogen-bond donors (Lipinski definition) is 1. The van der Waals surface area contributed by atoms with Gasteiger partial charge < -0.3 is 24.5 Å². The van der Waals surface area contributed by atoms with E-state index in [2.05, 4.69) is 47.2 Å². The number of fused-ring (bicyclic) bond motifs is 2. The van der Waals surface area contributed by atoms with Crippen molar-refractivity contribution in [1.29, 1.82) is 0 Å². The molecule has 0 spiro atoms. The molecular formula is C26H29N5O3. The number of piperidine rings is 1. The molecular weight excluding hydrogens is 430 g/mol. The molecule has 1 fully saturated rings. The summed E-state index contributed by atoms with van der Waals surface area (Å²) in [5.41, 5.74) is 9.78. The first-order valence-electron chi connectivity index (χ1n) is 11.8. The summed E-state index contributed by atoms with van der Waals surface area (Å²) in [4.78, 5) is 31.1. The number of rotatable bonds is 5. The van der Waals surface area contributed by atoms with E-state index in [1.807, 2.05) is 24.3 Å². The molecule has 0 bridgehead atoms. The lowest BCUT2D eigenvalue weighted by atomic mass is 10.1. The van der Waals surface area contributed by atoms with E-state index in [4.69, 9.17) is 15.5 Å². The van der Waals surface area contributed by atoms with Crippen LogP contribution in [0.5, 0.6) is 0 Å². The number of aryl methyl sites for hydroxylation is 2. The molecule has 1 saturated heterocycles. The number of para-hydroxylation sites is 1. The van der Waals surface area contributed by atoms with Crippen LogP contribution in [0.15, 0.2) is 48.5 Å². The number of likely N-dealkylation sites (tertiary alicyclic amines) is 1. The average molecular weight is 460 g/mol. The zero-order valence-electron chi connectivity index (χ0n) is 19.5. The summed E-state index contributed by atoms with van der Waals surface area (Å²) in [6.45, 7) is 6.83. The number of aromatic nitrogens is 3. The smallest absolute Gasteiger partial charge is 0.404 e. The summed E-state index contributed by atoms with van der Waals surface area (Å²) in [5, 5.41) is 1.18. The standard InChI is InChI=1S/C26H29N5O3/c1-3-30-21-10-6-5-8-17(21)15-23(30)24-28-20-14-18(11-12-22(20)31(24)4-2)25(32)29-13-7-9-19(16-29)34-26(27)33/h5-6,8,10-12,14-15,19H,3-4,7,9,13,16H2,1-2H3,(H2,27,33). The van der Waals surface area contributed by atoms with Crippen molar-refractivity contribution in [3.8, 4) is 11.5 Å². The lowest BCUT2D eigenvalue weighted by Gasteiger charge is -2.32. The van der Waals surface area contributed by atoms with E-state index < -0.39 is 6.09 Å². The molecule has 176 valence electrons. The van der Waals surface area contributed by atoms with Gasteiger partial charge in [0, 0.05) is 36.1 Å². The maximum atomic E-state index is 13.2. The molecule has 1 unspecified atom stereocenters. The second-order valence-corrected chi connectivity index (χ2v) is 8.67. The fourth-order valence-electron chi connectivity index (χ4n) is 5.08. The lowest BCUT2D eigenvalue weighted by Crippen LogP contribution is -2.44. The summed E-state index contributed by atoms with van der Waals surface area (Å²) < 4.78 is 9.61. The van der Waals surface area contributed by atoms with Crippen molar-refractivity contribution in [2.45, 2.75) is 45.9 Å². The Bertz CT molecular complexity index is 1390. The Hall–Kier alpha value is -3.81. The van der Waals surface area contributed by atoms with Gasteiger partial charge in [-0.2, -0.15) is 0 Å². The van der Waals surface area contributed by atoms with Gasteiger partial charge in [-0.05, 0) is 57.0 Å². The van der Waals surface area contributed by atoms with Crippen molar-refractivity contribution in [2.24, 2.45) is 5.73 Å². The second-order valence-electron chi connectivity index (χ2n) is 8.67. The Morgan fingerprint density at radius 2 is 1.85 bits per heavy atom. The predicted molar refractivity (Wildman–Crippen MR) is 132 cm³/mol. The van der Waals surface area contributed by atoms with Crippen LogP contribution in [0.1, 0.15) is 37.0 Å². The maximum Gasteiger partial charge on any atom is 0.404 e. The highest BCUT2D eigenvalue weighted by Gasteiger charge is 2.27. The minimum absolute atomic E-state index is 0.0880. The van der Waals surface area contributed by atoms with Crippen LogP contribution in [0, 0.1) is 0 Å². The van der Waals surface area contributed by atoms with E-state index >= 15 is 0 Å². The van der Waals surface area contributed by atoms with E-state index in [0.717, 1.165) is 42.1 Å². The number of primary amides is 1. The molecule has 2 aromatic carbocycles. The van der Waals surface area contributed by atoms with E-state index in [-0.39, 0.29) is 12.0 Å². The third kappa shape index (κ3) is 3.79. The fraction of sp³-hybridized carbons (Fsp3) is 0.346. The summed E-state index contributed by atoms with van der Waals surface area (Å²) in [7, 11) is 0. The summed E-state index contributed by atoms with van der Waals surface area (Å²) in [5.74, 6) is 0.808. The number of benzene rings is 2. The van der Waals surface area contributed by atoms with Crippen molar-refractivity contribution in [2.75, 3.05) is 13.1 Å². The SMILES string of the molecule is CCn1c(-c2nc3cc(C(=O)N4CCCC(OC(N)=O)C4)ccc3n2CC)cc2ccccc21. The molecule has 0 saturated carbocycles. The largest absolute Gasteiger partial charge is 0.445 e. The normalized spacial score (nSPS) is 16.3. The molecule has 0 radical (unpaired) electrons. The summed E-state index contributed by atoms with van der Waals surface area (Å²) in [6, 6.07) is 16.2. The van der Waals surface area contributed by atoms with E-state index in [1.165, 1.54) is 10.9 Å². The van der Waals surface area contributed by atoms with Gasteiger partial charge in [0.2, 0.25) is 0 Å². The van der Waals surface area contributed by atoms with Crippen LogP contribution < -0.4 is 5.73 Å². The number of nitrogens with two attached hydrogens (primary N) is 1. The molecule has 0 aliphatic carbocycles. The average Bonchev–Trinajstić information content (AvgIpc) is 3.40. The Morgan fingerprint density at radius 3 is 2.62 bits per heavy atom. The zero-order valence-corrected chi connectivity index (χ0v) is 19.5. The maximum absolute atomic E-state index is 13.2. The van der Waals surface area contributed by atoms with Crippen LogP contribution in [0.3, 0.4) is 0 Å². The highest BCUT2D eigenvalue weighted by Crippen LogP contribution is 2.31. The molecule has 3 heterocycles. The molecule has 2 aromatic heterocycles.